The number of alkyl halides is 12. The minimum absolute atomic E-state index is 0. The van der Waals surface area contributed by atoms with E-state index in [1.54, 1.807) is 12.1 Å². The molecule has 0 atom stereocenters. The molecule has 5 rings (SSSR count). The molecule has 0 unspecified atom stereocenters. The summed E-state index contributed by atoms with van der Waals surface area (Å²) in [7, 11) is -21.7. The van der Waals surface area contributed by atoms with E-state index < -0.39 is 74.4 Å². The standard InChI is InChI=1S/C36H36N6O4.4CHF3O3S.2Cu/c1-45-35(43)29-12-14-33(39-19-29)25-42(26-34-15-13-30(20-40-34)36(44)46-2)22-28-9-7-8-27(18-28)21-41(23-31-10-3-5-16-37-31)24-32-11-4-6-17-38-32;4*2-1(3,4)8(5,6)7;;/h3-20H,21-26H2,1-2H3;4*(H,5,6,7);;/q;;;;;2*+2/p-4. The first-order chi connectivity index (χ1) is 35.5. The first-order valence-electron chi connectivity index (χ1n) is 20.0. The first-order valence-corrected chi connectivity index (χ1v) is 25.6. The number of ether oxygens (including phenoxy) is 2. The molecule has 0 aliphatic heterocycles. The average molecular weight is 1340 g/mol. The van der Waals surface area contributed by atoms with Gasteiger partial charge in [-0.3, -0.25) is 29.7 Å². The fraction of sp³-hybridized carbons (Fsp3) is 0.300. The number of methoxy groups -OCH3 is 2. The zero-order valence-electron chi connectivity index (χ0n) is 39.6. The Labute approximate surface area is 467 Å². The number of halogens is 12. The summed E-state index contributed by atoms with van der Waals surface area (Å²) in [6.45, 7) is 3.74. The van der Waals surface area contributed by atoms with E-state index in [0.29, 0.717) is 50.4 Å². The van der Waals surface area contributed by atoms with Gasteiger partial charge in [-0.2, -0.15) is 52.7 Å². The molecule has 5 aromatic rings. The van der Waals surface area contributed by atoms with Crippen LogP contribution in [0.4, 0.5) is 52.7 Å². The Kier molecular flexibility index (Phi) is 31.4. The van der Waals surface area contributed by atoms with Crippen LogP contribution in [0, 0.1) is 0 Å². The molecule has 0 N–H and O–H groups in total. The minimum Gasteiger partial charge on any atom is -0.741 e. The molecule has 0 spiro atoms. The molecule has 452 valence electrons. The monoisotopic (exact) mass is 1340 g/mol. The summed E-state index contributed by atoms with van der Waals surface area (Å²) in [5.74, 6) is -0.856. The van der Waals surface area contributed by atoms with Crippen LogP contribution >= 0.6 is 0 Å². The van der Waals surface area contributed by atoms with Gasteiger partial charge in [0.05, 0.1) is 48.1 Å². The summed E-state index contributed by atoms with van der Waals surface area (Å²) in [5.41, 5.74) is -15.9. The number of aromatic nitrogens is 4. The summed E-state index contributed by atoms with van der Waals surface area (Å²) in [6, 6.07) is 27.6. The van der Waals surface area contributed by atoms with Crippen LogP contribution in [0.3, 0.4) is 0 Å². The molecule has 40 heteroatoms. The number of pyridine rings is 4. The van der Waals surface area contributed by atoms with Crippen LogP contribution in [0.15, 0.2) is 110 Å². The van der Waals surface area contributed by atoms with Crippen LogP contribution < -0.4 is 0 Å². The van der Waals surface area contributed by atoms with Crippen molar-refractivity contribution in [2.75, 3.05) is 14.2 Å². The summed E-state index contributed by atoms with van der Waals surface area (Å²) < 4.78 is 245. The molecule has 0 bridgehead atoms. The second kappa shape index (κ2) is 32.8. The van der Waals surface area contributed by atoms with Crippen molar-refractivity contribution >= 4 is 52.4 Å². The third kappa shape index (κ3) is 29.3. The number of esters is 2. The normalized spacial score (nSPS) is 11.9. The second-order valence-electron chi connectivity index (χ2n) is 14.4. The zero-order chi connectivity index (χ0) is 60.1. The number of carbonyl (C=O) groups is 2. The van der Waals surface area contributed by atoms with Crippen molar-refractivity contribution in [3.05, 3.63) is 155 Å². The molecular weight excluding hydrogens is 1300 g/mol. The van der Waals surface area contributed by atoms with Crippen LogP contribution in [0.5, 0.6) is 0 Å². The summed E-state index contributed by atoms with van der Waals surface area (Å²) in [6.07, 6.45) is 6.70. The predicted octanol–water partition coefficient (Wildman–Crippen LogP) is 5.45. The molecule has 22 nitrogen and oxygen atoms in total. The molecule has 1 aromatic carbocycles. The summed E-state index contributed by atoms with van der Waals surface area (Å²) in [5, 5.41) is 0. The predicted molar refractivity (Wildman–Crippen MR) is 235 cm³/mol. The summed E-state index contributed by atoms with van der Waals surface area (Å²) in [4.78, 5) is 46.5. The molecule has 2 radical (unpaired) electrons. The van der Waals surface area contributed by atoms with Crippen molar-refractivity contribution in [3.63, 3.8) is 0 Å². The van der Waals surface area contributed by atoms with E-state index in [-0.39, 0.29) is 34.1 Å². The Morgan fingerprint density at radius 2 is 0.688 bits per heavy atom. The van der Waals surface area contributed by atoms with E-state index in [9.17, 15) is 62.3 Å². The van der Waals surface area contributed by atoms with Crippen molar-refractivity contribution in [2.45, 2.75) is 61.3 Å². The third-order valence-corrected chi connectivity index (χ3v) is 10.7. The number of benzene rings is 1. The van der Waals surface area contributed by atoms with Crippen molar-refractivity contribution in [3.8, 4) is 0 Å². The van der Waals surface area contributed by atoms with E-state index >= 15 is 0 Å². The molecule has 0 saturated heterocycles. The van der Waals surface area contributed by atoms with Gasteiger partial charge in [0.1, 0.15) is 0 Å². The Morgan fingerprint density at radius 1 is 0.425 bits per heavy atom. The number of hydrogen-bond donors (Lipinski definition) is 0. The Balaban J connectivity index is 0. The van der Waals surface area contributed by atoms with Crippen LogP contribution in [-0.4, -0.2) is 130 Å². The molecule has 0 aliphatic rings. The number of carbonyl (C=O) groups excluding carboxylic acids is 2. The zero-order valence-corrected chi connectivity index (χ0v) is 44.8. The van der Waals surface area contributed by atoms with Crippen molar-refractivity contribution in [1.82, 2.24) is 29.7 Å². The third-order valence-electron chi connectivity index (χ3n) is 8.42. The molecular formula is C40H36Cu2F12N6O16S4. The van der Waals surface area contributed by atoms with E-state index in [1.165, 1.54) is 32.2 Å². The molecule has 0 fully saturated rings. The molecule has 4 aromatic heterocycles. The fourth-order valence-corrected chi connectivity index (χ4v) is 5.09. The van der Waals surface area contributed by atoms with Crippen molar-refractivity contribution < 1.29 is 158 Å². The SMILES string of the molecule is COC(=O)c1ccc(CN(Cc2cccc(CN(Cc3ccccn3)Cc3ccccn3)c2)Cc2ccc(C(=O)OC)cn2)nc1.O=S(=O)([O-])C(F)(F)F.O=S(=O)([O-])C(F)(F)F.O=S(=O)([O-])C(F)(F)F.O=S(=O)([O-])C(F)(F)F.[Cu+2].[Cu+2]. The van der Waals surface area contributed by atoms with E-state index in [2.05, 4.69) is 54.0 Å². The fourth-order valence-electron chi connectivity index (χ4n) is 5.09. The molecule has 0 saturated carbocycles. The van der Waals surface area contributed by atoms with Gasteiger partial charge in [-0.05, 0) is 59.7 Å². The maximum absolute atomic E-state index is 11.9. The smallest absolute Gasteiger partial charge is 0.741 e. The quantitative estimate of drug-likeness (QED) is 0.0439. The number of hydrogen-bond acceptors (Lipinski definition) is 22. The van der Waals surface area contributed by atoms with E-state index in [0.717, 1.165) is 28.3 Å². The van der Waals surface area contributed by atoms with Gasteiger partial charge in [-0.15, -0.1) is 0 Å². The van der Waals surface area contributed by atoms with Gasteiger partial charge in [-0.25, -0.2) is 43.3 Å². The van der Waals surface area contributed by atoms with Crippen LogP contribution in [0.1, 0.15) is 54.6 Å². The Hall–Kier alpha value is -5.48. The number of rotatable bonds is 14. The van der Waals surface area contributed by atoms with Crippen molar-refractivity contribution in [2.24, 2.45) is 0 Å². The largest absolute Gasteiger partial charge is 2.00 e. The second-order valence-corrected chi connectivity index (χ2v) is 19.9. The van der Waals surface area contributed by atoms with Gasteiger partial charge in [0, 0.05) is 64.1 Å². The van der Waals surface area contributed by atoms with Crippen LogP contribution in [-0.2, 0) is 123 Å². The van der Waals surface area contributed by atoms with E-state index in [4.69, 9.17) is 61.4 Å². The van der Waals surface area contributed by atoms with Crippen LogP contribution in [0.25, 0.3) is 0 Å². The topological polar surface area (TPSA) is 339 Å². The molecule has 4 heterocycles. The molecule has 0 amide bonds. The minimum atomic E-state index is -6.09. The number of nitrogens with zero attached hydrogens (tertiary/aromatic N) is 6. The van der Waals surface area contributed by atoms with Gasteiger partial charge in [-0.1, -0.05) is 36.4 Å². The van der Waals surface area contributed by atoms with Gasteiger partial charge < -0.3 is 27.7 Å². The molecule has 0 aliphatic carbocycles. The maximum Gasteiger partial charge on any atom is 2.00 e. The summed E-state index contributed by atoms with van der Waals surface area (Å²) >= 11 is 0. The van der Waals surface area contributed by atoms with Gasteiger partial charge in [0.15, 0.2) is 40.5 Å². The Bertz CT molecular complexity index is 2890. The van der Waals surface area contributed by atoms with Gasteiger partial charge >= 0.3 is 68.1 Å². The first kappa shape index (κ1) is 76.6. The van der Waals surface area contributed by atoms with E-state index in [1.807, 2.05) is 60.9 Å². The molecule has 80 heavy (non-hydrogen) atoms. The maximum atomic E-state index is 11.9. The average Bonchev–Trinajstić information content (AvgIpc) is 3.30. The van der Waals surface area contributed by atoms with Crippen LogP contribution in [0.2, 0.25) is 0 Å². The van der Waals surface area contributed by atoms with Crippen molar-refractivity contribution in [1.29, 1.82) is 0 Å². The van der Waals surface area contributed by atoms with Gasteiger partial charge in [0.25, 0.3) is 0 Å². The van der Waals surface area contributed by atoms with Gasteiger partial charge in [0.2, 0.25) is 0 Å². The Morgan fingerprint density at radius 3 is 0.887 bits per heavy atom.